The second-order valence-corrected chi connectivity index (χ2v) is 9.98. The molecule has 4 heteroatoms. The average Bonchev–Trinajstić information content (AvgIpc) is 2.38. The SMILES string of the molecule is Cc1cc(F)ccc1NC(=O)CC12CC3CC(CC(Br)(C3)C1)C2. The van der Waals surface area contributed by atoms with Gasteiger partial charge in [0.15, 0.2) is 0 Å². The monoisotopic (exact) mass is 379 g/mol. The molecule has 4 bridgehead atoms. The topological polar surface area (TPSA) is 29.1 Å². The minimum atomic E-state index is -0.261. The summed E-state index contributed by atoms with van der Waals surface area (Å²) in [5.74, 6) is 1.40. The molecule has 2 unspecified atom stereocenters. The molecular weight excluding hydrogens is 357 g/mol. The van der Waals surface area contributed by atoms with Gasteiger partial charge >= 0.3 is 0 Å². The Morgan fingerprint density at radius 3 is 2.61 bits per heavy atom. The molecule has 0 aliphatic heterocycles. The Hall–Kier alpha value is -0.900. The fourth-order valence-electron chi connectivity index (χ4n) is 5.85. The van der Waals surface area contributed by atoms with Crippen molar-refractivity contribution in [1.82, 2.24) is 0 Å². The molecule has 4 saturated carbocycles. The van der Waals surface area contributed by atoms with Crippen molar-refractivity contribution in [1.29, 1.82) is 0 Å². The highest BCUT2D eigenvalue weighted by atomic mass is 79.9. The molecule has 5 rings (SSSR count). The minimum absolute atomic E-state index is 0.0813. The number of rotatable bonds is 3. The largest absolute Gasteiger partial charge is 0.326 e. The van der Waals surface area contributed by atoms with Crippen LogP contribution in [0.5, 0.6) is 0 Å². The van der Waals surface area contributed by atoms with Gasteiger partial charge in [0.2, 0.25) is 5.91 Å². The van der Waals surface area contributed by atoms with Crippen LogP contribution in [0.2, 0.25) is 0 Å². The van der Waals surface area contributed by atoms with E-state index < -0.39 is 0 Å². The number of halogens is 2. The number of alkyl halides is 1. The van der Waals surface area contributed by atoms with Crippen LogP contribution in [-0.4, -0.2) is 10.2 Å². The van der Waals surface area contributed by atoms with Gasteiger partial charge in [-0.1, -0.05) is 15.9 Å². The van der Waals surface area contributed by atoms with E-state index in [1.165, 1.54) is 44.2 Å². The predicted molar refractivity (Wildman–Crippen MR) is 93.2 cm³/mol. The van der Waals surface area contributed by atoms with Crippen molar-refractivity contribution in [2.45, 2.75) is 56.2 Å². The van der Waals surface area contributed by atoms with E-state index in [9.17, 15) is 9.18 Å². The third-order valence-corrected chi connectivity index (χ3v) is 7.04. The molecule has 1 aromatic rings. The molecule has 124 valence electrons. The van der Waals surface area contributed by atoms with Crippen molar-refractivity contribution in [3.05, 3.63) is 29.6 Å². The summed E-state index contributed by atoms with van der Waals surface area (Å²) in [7, 11) is 0. The molecule has 2 nitrogen and oxygen atoms in total. The highest BCUT2D eigenvalue weighted by molar-refractivity contribution is 9.10. The zero-order chi connectivity index (χ0) is 16.2. The van der Waals surface area contributed by atoms with E-state index in [1.807, 2.05) is 6.92 Å². The van der Waals surface area contributed by atoms with Crippen LogP contribution in [0.3, 0.4) is 0 Å². The van der Waals surface area contributed by atoms with E-state index >= 15 is 0 Å². The highest BCUT2D eigenvalue weighted by Crippen LogP contribution is 2.65. The summed E-state index contributed by atoms with van der Waals surface area (Å²) in [5, 5.41) is 3.00. The number of anilines is 1. The summed E-state index contributed by atoms with van der Waals surface area (Å²) in [4.78, 5) is 12.6. The van der Waals surface area contributed by atoms with Gasteiger partial charge in [0.25, 0.3) is 0 Å². The van der Waals surface area contributed by atoms with Gasteiger partial charge in [-0.3, -0.25) is 4.79 Å². The number of benzene rings is 1. The summed E-state index contributed by atoms with van der Waals surface area (Å²) in [6.45, 7) is 1.83. The van der Waals surface area contributed by atoms with E-state index in [1.54, 1.807) is 6.07 Å². The number of aryl methyl sites for hydroxylation is 1. The lowest BCUT2D eigenvalue weighted by Crippen LogP contribution is -2.53. The quantitative estimate of drug-likeness (QED) is 0.718. The third-order valence-electron chi connectivity index (χ3n) is 6.11. The Morgan fingerprint density at radius 2 is 2.00 bits per heavy atom. The Kier molecular flexibility index (Phi) is 3.60. The Bertz CT molecular complexity index is 645. The first-order valence-corrected chi connectivity index (χ1v) is 9.39. The lowest BCUT2D eigenvalue weighted by atomic mass is 9.48. The van der Waals surface area contributed by atoms with Gasteiger partial charge in [-0.25, -0.2) is 4.39 Å². The molecule has 0 radical (unpaired) electrons. The first-order chi connectivity index (χ1) is 10.8. The van der Waals surface area contributed by atoms with Gasteiger partial charge in [-0.05, 0) is 86.5 Å². The van der Waals surface area contributed by atoms with Crippen LogP contribution < -0.4 is 5.32 Å². The van der Waals surface area contributed by atoms with Crippen molar-refractivity contribution >= 4 is 27.5 Å². The van der Waals surface area contributed by atoms with Crippen LogP contribution in [0.4, 0.5) is 10.1 Å². The maximum atomic E-state index is 13.2. The molecule has 4 aliphatic carbocycles. The van der Waals surface area contributed by atoms with Gasteiger partial charge in [-0.2, -0.15) is 0 Å². The standard InChI is InChI=1S/C19H23BrFNO/c1-12-4-15(21)2-3-16(12)22-17(23)10-18-6-13-5-14(7-18)9-19(20,8-13)11-18/h2-4,13-14H,5-11H2,1H3,(H,22,23). The molecule has 4 aliphatic rings. The molecular formula is C19H23BrFNO. The van der Waals surface area contributed by atoms with Crippen molar-refractivity contribution in [2.75, 3.05) is 5.32 Å². The maximum absolute atomic E-state index is 13.2. The lowest BCUT2D eigenvalue weighted by molar-refractivity contribution is -0.123. The smallest absolute Gasteiger partial charge is 0.224 e. The lowest BCUT2D eigenvalue weighted by Gasteiger charge is -2.60. The number of carbonyl (C=O) groups is 1. The molecule has 2 atom stereocenters. The first-order valence-electron chi connectivity index (χ1n) is 8.60. The maximum Gasteiger partial charge on any atom is 0.224 e. The summed E-state index contributed by atoms with van der Waals surface area (Å²) < 4.78 is 13.5. The van der Waals surface area contributed by atoms with E-state index in [0.29, 0.717) is 6.42 Å². The van der Waals surface area contributed by atoms with E-state index in [-0.39, 0.29) is 21.5 Å². The number of carbonyl (C=O) groups excluding carboxylic acids is 1. The van der Waals surface area contributed by atoms with Crippen LogP contribution >= 0.6 is 15.9 Å². The molecule has 1 aromatic carbocycles. The van der Waals surface area contributed by atoms with Gasteiger partial charge in [0.05, 0.1) is 0 Å². The normalized spacial score (nSPS) is 37.9. The fourth-order valence-corrected chi connectivity index (χ4v) is 7.36. The molecule has 0 heterocycles. The first kappa shape index (κ1) is 15.6. The van der Waals surface area contributed by atoms with E-state index in [4.69, 9.17) is 0 Å². The Labute approximate surface area is 145 Å². The molecule has 1 amide bonds. The number of amides is 1. The van der Waals surface area contributed by atoms with Crippen LogP contribution in [0.1, 0.15) is 50.5 Å². The van der Waals surface area contributed by atoms with Crippen molar-refractivity contribution in [2.24, 2.45) is 17.3 Å². The third kappa shape index (κ3) is 2.95. The second kappa shape index (κ2) is 5.30. The molecule has 0 saturated heterocycles. The van der Waals surface area contributed by atoms with Crippen molar-refractivity contribution in [3.8, 4) is 0 Å². The van der Waals surface area contributed by atoms with Crippen LogP contribution in [-0.2, 0) is 4.79 Å². The zero-order valence-electron chi connectivity index (χ0n) is 13.5. The van der Waals surface area contributed by atoms with Crippen LogP contribution in [0, 0.1) is 30.0 Å². The zero-order valence-corrected chi connectivity index (χ0v) is 15.1. The Balaban J connectivity index is 1.48. The van der Waals surface area contributed by atoms with Crippen molar-refractivity contribution < 1.29 is 9.18 Å². The fraction of sp³-hybridized carbons (Fsp3) is 0.632. The number of hydrogen-bond acceptors (Lipinski definition) is 1. The summed E-state index contributed by atoms with van der Waals surface area (Å²) in [6, 6.07) is 4.53. The summed E-state index contributed by atoms with van der Waals surface area (Å²) >= 11 is 4.00. The summed E-state index contributed by atoms with van der Waals surface area (Å²) in [6.07, 6.45) is 8.05. The van der Waals surface area contributed by atoms with E-state index in [0.717, 1.165) is 29.5 Å². The van der Waals surface area contributed by atoms with Gasteiger partial charge in [0, 0.05) is 16.4 Å². The van der Waals surface area contributed by atoms with Gasteiger partial charge in [0.1, 0.15) is 5.82 Å². The van der Waals surface area contributed by atoms with Crippen molar-refractivity contribution in [3.63, 3.8) is 0 Å². The molecule has 0 aromatic heterocycles. The molecule has 1 N–H and O–H groups in total. The summed E-state index contributed by atoms with van der Waals surface area (Å²) in [5.41, 5.74) is 1.68. The molecule has 0 spiro atoms. The van der Waals surface area contributed by atoms with Gasteiger partial charge < -0.3 is 5.32 Å². The number of nitrogens with one attached hydrogen (secondary N) is 1. The van der Waals surface area contributed by atoms with Crippen LogP contribution in [0.15, 0.2) is 18.2 Å². The Morgan fingerprint density at radius 1 is 1.30 bits per heavy atom. The second-order valence-electron chi connectivity index (χ2n) is 8.30. The minimum Gasteiger partial charge on any atom is -0.326 e. The molecule has 23 heavy (non-hydrogen) atoms. The van der Waals surface area contributed by atoms with Gasteiger partial charge in [-0.15, -0.1) is 0 Å². The average molecular weight is 380 g/mol. The number of hydrogen-bond donors (Lipinski definition) is 1. The molecule has 4 fully saturated rings. The van der Waals surface area contributed by atoms with Crippen LogP contribution in [0.25, 0.3) is 0 Å². The highest BCUT2D eigenvalue weighted by Gasteiger charge is 2.57. The predicted octanol–water partition coefficient (Wildman–Crippen LogP) is 5.20. The van der Waals surface area contributed by atoms with E-state index in [2.05, 4.69) is 21.2 Å².